The van der Waals surface area contributed by atoms with Gasteiger partial charge in [0, 0.05) is 57.2 Å². The average Bonchev–Trinajstić information content (AvgIpc) is 2.94. The fourth-order valence-electron chi connectivity index (χ4n) is 5.06. The molecule has 1 N–H and O–H groups in total. The van der Waals surface area contributed by atoms with Crippen molar-refractivity contribution in [3.05, 3.63) is 89.5 Å². The summed E-state index contributed by atoms with van der Waals surface area (Å²) >= 11 is 0. The van der Waals surface area contributed by atoms with Crippen molar-refractivity contribution in [3.8, 4) is 5.75 Å². The zero-order valence-corrected chi connectivity index (χ0v) is 21.6. The monoisotopic (exact) mass is 500 g/mol. The molecular formula is C30H36N4O3. The molecule has 0 bridgehead atoms. The van der Waals surface area contributed by atoms with Crippen LogP contribution >= 0.6 is 0 Å². The largest absolute Gasteiger partial charge is 0.497 e. The summed E-state index contributed by atoms with van der Waals surface area (Å²) in [4.78, 5) is 18.9. The van der Waals surface area contributed by atoms with E-state index in [1.807, 2.05) is 12.1 Å². The van der Waals surface area contributed by atoms with Gasteiger partial charge >= 0.3 is 0 Å². The van der Waals surface area contributed by atoms with Crippen LogP contribution < -0.4 is 19.9 Å². The van der Waals surface area contributed by atoms with E-state index in [0.717, 1.165) is 58.2 Å². The molecule has 0 unspecified atom stereocenters. The fraction of sp³-hybridized carbons (Fsp3) is 0.367. The Hall–Kier alpha value is -3.55. The van der Waals surface area contributed by atoms with Gasteiger partial charge in [-0.3, -0.25) is 9.69 Å². The topological polar surface area (TPSA) is 57.3 Å². The first-order valence-corrected chi connectivity index (χ1v) is 13.0. The van der Waals surface area contributed by atoms with E-state index in [4.69, 9.17) is 9.47 Å². The Balaban J connectivity index is 1.39. The van der Waals surface area contributed by atoms with Crippen LogP contribution in [0.25, 0.3) is 0 Å². The molecule has 2 aliphatic heterocycles. The van der Waals surface area contributed by atoms with Gasteiger partial charge in [-0.05, 0) is 53.1 Å². The second kappa shape index (κ2) is 12.1. The lowest BCUT2D eigenvalue weighted by atomic mass is 10.1. The summed E-state index contributed by atoms with van der Waals surface area (Å²) in [5.74, 6) is 0.964. The number of benzene rings is 3. The number of methoxy groups -OCH3 is 1. The zero-order valence-electron chi connectivity index (χ0n) is 21.6. The normalized spacial score (nSPS) is 16.4. The number of anilines is 2. The summed E-state index contributed by atoms with van der Waals surface area (Å²) in [5.41, 5.74) is 6.09. The van der Waals surface area contributed by atoms with Crippen molar-refractivity contribution in [3.63, 3.8) is 0 Å². The Kier molecular flexibility index (Phi) is 8.23. The lowest BCUT2D eigenvalue weighted by Gasteiger charge is -2.30. The molecule has 2 saturated heterocycles. The third kappa shape index (κ3) is 6.81. The number of hydrogen-bond acceptors (Lipinski definition) is 6. The first-order chi connectivity index (χ1) is 18.2. The summed E-state index contributed by atoms with van der Waals surface area (Å²) in [6.07, 6.45) is 0. The van der Waals surface area contributed by atoms with E-state index in [0.29, 0.717) is 13.1 Å². The molecule has 7 heteroatoms. The number of rotatable bonds is 9. The highest BCUT2D eigenvalue weighted by molar-refractivity contribution is 5.78. The van der Waals surface area contributed by atoms with Crippen LogP contribution in [-0.2, 0) is 29.2 Å². The number of nitrogens with zero attached hydrogens (tertiary/aromatic N) is 3. The maximum absolute atomic E-state index is 11.9. The highest BCUT2D eigenvalue weighted by Crippen LogP contribution is 2.26. The van der Waals surface area contributed by atoms with Gasteiger partial charge in [0.05, 0.1) is 26.9 Å². The Morgan fingerprint density at radius 1 is 0.892 bits per heavy atom. The van der Waals surface area contributed by atoms with Crippen molar-refractivity contribution in [2.24, 2.45) is 0 Å². The third-order valence-corrected chi connectivity index (χ3v) is 6.97. The van der Waals surface area contributed by atoms with Gasteiger partial charge in [0.25, 0.3) is 0 Å². The smallest absolute Gasteiger partial charge is 0.234 e. The van der Waals surface area contributed by atoms with E-state index in [2.05, 4.69) is 80.7 Å². The minimum Gasteiger partial charge on any atom is -0.497 e. The molecule has 0 radical (unpaired) electrons. The molecule has 0 saturated carbocycles. The number of hydrogen-bond donors (Lipinski definition) is 1. The number of morpholine rings is 1. The molecule has 194 valence electrons. The van der Waals surface area contributed by atoms with Crippen LogP contribution in [0.4, 0.5) is 11.4 Å². The molecular weight excluding hydrogens is 464 g/mol. The van der Waals surface area contributed by atoms with Gasteiger partial charge in [-0.2, -0.15) is 0 Å². The second-order valence-corrected chi connectivity index (χ2v) is 9.71. The van der Waals surface area contributed by atoms with Crippen molar-refractivity contribution in [1.82, 2.24) is 10.2 Å². The van der Waals surface area contributed by atoms with Gasteiger partial charge in [0.15, 0.2) is 0 Å². The maximum atomic E-state index is 11.9. The Morgan fingerprint density at radius 3 is 2.41 bits per heavy atom. The standard InChI is InChI=1S/C30H36N4O3/c1-36-29-10-4-7-26(19-29)22-34(21-25-6-3-8-27(18-25)33-13-15-37-16-14-33)28-9-2-5-24(17-28)20-32-12-11-31-30(35)23-32/h2-10,17-19H,11-16,20-23H2,1H3,(H,31,35). The van der Waals surface area contributed by atoms with Crippen molar-refractivity contribution in [2.45, 2.75) is 19.6 Å². The van der Waals surface area contributed by atoms with Gasteiger partial charge in [-0.1, -0.05) is 36.4 Å². The number of amides is 1. The lowest BCUT2D eigenvalue weighted by Crippen LogP contribution is -2.47. The highest BCUT2D eigenvalue weighted by atomic mass is 16.5. The van der Waals surface area contributed by atoms with Gasteiger partial charge < -0.3 is 24.6 Å². The highest BCUT2D eigenvalue weighted by Gasteiger charge is 2.18. The molecule has 0 spiro atoms. The minimum absolute atomic E-state index is 0.0993. The van der Waals surface area contributed by atoms with E-state index >= 15 is 0 Å². The summed E-state index contributed by atoms with van der Waals surface area (Å²) in [6.45, 7) is 7.74. The van der Waals surface area contributed by atoms with Crippen molar-refractivity contribution in [2.75, 3.05) is 62.8 Å². The van der Waals surface area contributed by atoms with Crippen molar-refractivity contribution < 1.29 is 14.3 Å². The molecule has 37 heavy (non-hydrogen) atoms. The maximum Gasteiger partial charge on any atom is 0.234 e. The first-order valence-electron chi connectivity index (χ1n) is 13.0. The van der Waals surface area contributed by atoms with Crippen LogP contribution in [0.1, 0.15) is 16.7 Å². The molecule has 2 fully saturated rings. The summed E-state index contributed by atoms with van der Waals surface area (Å²) in [6, 6.07) is 25.9. The quantitative estimate of drug-likeness (QED) is 0.484. The number of carbonyl (C=O) groups excluding carboxylic acids is 1. The van der Waals surface area contributed by atoms with E-state index in [1.54, 1.807) is 7.11 Å². The van der Waals surface area contributed by atoms with Crippen LogP contribution in [0.2, 0.25) is 0 Å². The van der Waals surface area contributed by atoms with Gasteiger partial charge in [0.2, 0.25) is 5.91 Å². The second-order valence-electron chi connectivity index (χ2n) is 9.71. The molecule has 2 aliphatic rings. The molecule has 0 atom stereocenters. The van der Waals surface area contributed by atoms with Crippen LogP contribution in [0.15, 0.2) is 72.8 Å². The number of nitrogens with one attached hydrogen (secondary N) is 1. The van der Waals surface area contributed by atoms with E-state index in [9.17, 15) is 4.79 Å². The Bertz CT molecular complexity index is 1190. The predicted octanol–water partition coefficient (Wildman–Crippen LogP) is 3.67. The van der Waals surface area contributed by atoms with E-state index < -0.39 is 0 Å². The molecule has 2 heterocycles. The molecule has 0 aromatic heterocycles. The summed E-state index contributed by atoms with van der Waals surface area (Å²) < 4.78 is 11.0. The van der Waals surface area contributed by atoms with Crippen LogP contribution in [-0.4, -0.2) is 63.9 Å². The summed E-state index contributed by atoms with van der Waals surface area (Å²) in [7, 11) is 1.71. The molecule has 5 rings (SSSR count). The summed E-state index contributed by atoms with van der Waals surface area (Å²) in [5, 5.41) is 2.91. The zero-order chi connectivity index (χ0) is 25.5. The SMILES string of the molecule is COc1cccc(CN(Cc2cccc(N3CCOCC3)c2)c2cccc(CN3CCNC(=O)C3)c2)c1. The van der Waals surface area contributed by atoms with Crippen molar-refractivity contribution in [1.29, 1.82) is 0 Å². The van der Waals surface area contributed by atoms with Crippen LogP contribution in [0.5, 0.6) is 5.75 Å². The number of ether oxygens (including phenoxy) is 2. The number of carbonyl (C=O) groups is 1. The first kappa shape index (κ1) is 25.1. The minimum atomic E-state index is 0.0993. The number of piperazine rings is 1. The molecule has 1 amide bonds. The Morgan fingerprint density at radius 2 is 1.62 bits per heavy atom. The Labute approximate surface area is 219 Å². The fourth-order valence-corrected chi connectivity index (χ4v) is 5.06. The van der Waals surface area contributed by atoms with Gasteiger partial charge in [0.1, 0.15) is 5.75 Å². The average molecular weight is 501 g/mol. The van der Waals surface area contributed by atoms with Gasteiger partial charge in [-0.15, -0.1) is 0 Å². The van der Waals surface area contributed by atoms with E-state index in [1.165, 1.54) is 28.1 Å². The van der Waals surface area contributed by atoms with Crippen LogP contribution in [0, 0.1) is 0 Å². The van der Waals surface area contributed by atoms with E-state index in [-0.39, 0.29) is 5.91 Å². The predicted molar refractivity (Wildman–Crippen MR) is 147 cm³/mol. The molecule has 0 aliphatic carbocycles. The molecule has 7 nitrogen and oxygen atoms in total. The van der Waals surface area contributed by atoms with Gasteiger partial charge in [-0.25, -0.2) is 0 Å². The van der Waals surface area contributed by atoms with Crippen LogP contribution in [0.3, 0.4) is 0 Å². The third-order valence-electron chi connectivity index (χ3n) is 6.97. The van der Waals surface area contributed by atoms with Crippen molar-refractivity contribution >= 4 is 17.3 Å². The lowest BCUT2D eigenvalue weighted by molar-refractivity contribution is -0.124. The molecule has 3 aromatic carbocycles. The molecule has 3 aromatic rings.